The third kappa shape index (κ3) is 2.03. The molecule has 0 fully saturated rings. The number of benzene rings is 1. The Morgan fingerprint density at radius 3 is 2.18 bits per heavy atom. The predicted octanol–water partition coefficient (Wildman–Crippen LogP) is 1.79. The number of hydrogen-bond donors (Lipinski definition) is 0. The maximum atomic E-state index is 4.09. The summed E-state index contributed by atoms with van der Waals surface area (Å²) >= 11 is -0.350. The van der Waals surface area contributed by atoms with Gasteiger partial charge < -0.3 is 0 Å². The molecule has 58 valence electrons. The van der Waals surface area contributed by atoms with Gasteiger partial charge in [0.25, 0.3) is 0 Å². The SMILES string of the molecule is [CH2]=[GeH][C](C)(C)c1ccccc1. The van der Waals surface area contributed by atoms with Crippen molar-refractivity contribution in [3.8, 4) is 0 Å². The second-order valence-electron chi connectivity index (χ2n) is 3.29. The van der Waals surface area contributed by atoms with E-state index < -0.39 is 0 Å². The molecule has 0 spiro atoms. The van der Waals surface area contributed by atoms with Crippen LogP contribution in [0.4, 0.5) is 0 Å². The molecule has 0 atom stereocenters. The molecule has 0 saturated heterocycles. The summed E-state index contributed by atoms with van der Waals surface area (Å²) in [7, 11) is 0. The van der Waals surface area contributed by atoms with Crippen LogP contribution in [-0.4, -0.2) is 20.3 Å². The fourth-order valence-corrected chi connectivity index (χ4v) is 1.88. The monoisotopic (exact) mass is 208 g/mol. The van der Waals surface area contributed by atoms with E-state index in [-0.39, 0.29) is 15.0 Å². The van der Waals surface area contributed by atoms with Gasteiger partial charge in [0.05, 0.1) is 0 Å². The second kappa shape index (κ2) is 3.35. The van der Waals surface area contributed by atoms with Crippen molar-refractivity contribution in [2.45, 2.75) is 18.1 Å². The maximum absolute atomic E-state index is 4.09. The molecule has 0 aliphatic rings. The van der Waals surface area contributed by atoms with E-state index in [0.717, 1.165) is 0 Å². The van der Waals surface area contributed by atoms with Crippen molar-refractivity contribution >= 4 is 20.3 Å². The minimum atomic E-state index is -0.350. The molecular weight excluding hydrogens is 193 g/mol. The van der Waals surface area contributed by atoms with Crippen molar-refractivity contribution in [2.75, 3.05) is 0 Å². The molecule has 0 saturated carbocycles. The Morgan fingerprint density at radius 2 is 1.73 bits per heavy atom. The summed E-state index contributed by atoms with van der Waals surface area (Å²) in [6, 6.07) is 10.7. The standard InChI is InChI=1S/C10H14Ge/c1-10(2,11-3)9-7-5-4-6-8-9/h4-8,11H,3H2,1-2H3. The van der Waals surface area contributed by atoms with E-state index in [0.29, 0.717) is 4.25 Å². The van der Waals surface area contributed by atoms with Crippen LogP contribution in [0.5, 0.6) is 0 Å². The molecule has 1 aromatic rings. The fraction of sp³-hybridized carbons (Fsp3) is 0.300. The topological polar surface area (TPSA) is 0 Å². The van der Waals surface area contributed by atoms with Gasteiger partial charge in [0, 0.05) is 0 Å². The molecule has 0 unspecified atom stereocenters. The van der Waals surface area contributed by atoms with E-state index in [1.165, 1.54) is 5.56 Å². The van der Waals surface area contributed by atoms with E-state index in [4.69, 9.17) is 0 Å². The van der Waals surface area contributed by atoms with Crippen LogP contribution in [0.25, 0.3) is 0 Å². The molecule has 0 radical (unpaired) electrons. The summed E-state index contributed by atoms with van der Waals surface area (Å²) in [6.45, 7) is 4.57. The van der Waals surface area contributed by atoms with Crippen molar-refractivity contribution in [2.24, 2.45) is 0 Å². The van der Waals surface area contributed by atoms with Crippen LogP contribution in [0, 0.1) is 0 Å². The number of rotatable bonds is 2. The van der Waals surface area contributed by atoms with Gasteiger partial charge in [-0.1, -0.05) is 0 Å². The molecule has 0 aliphatic carbocycles. The van der Waals surface area contributed by atoms with Gasteiger partial charge in [-0.05, 0) is 0 Å². The van der Waals surface area contributed by atoms with Crippen LogP contribution in [0.2, 0.25) is 0 Å². The summed E-state index contributed by atoms with van der Waals surface area (Å²) in [6.07, 6.45) is 0. The van der Waals surface area contributed by atoms with Crippen LogP contribution in [0.1, 0.15) is 19.4 Å². The summed E-state index contributed by atoms with van der Waals surface area (Å²) in [5.74, 6) is 0. The van der Waals surface area contributed by atoms with Crippen molar-refractivity contribution < 1.29 is 0 Å². The van der Waals surface area contributed by atoms with E-state index in [9.17, 15) is 0 Å². The molecule has 0 aromatic heterocycles. The molecule has 1 aromatic carbocycles. The van der Waals surface area contributed by atoms with Gasteiger partial charge in [0.2, 0.25) is 0 Å². The average molecular weight is 207 g/mol. The fourth-order valence-electron chi connectivity index (χ4n) is 0.986. The van der Waals surface area contributed by atoms with Gasteiger partial charge in [-0.2, -0.15) is 0 Å². The Bertz CT molecular complexity index is 236. The van der Waals surface area contributed by atoms with Crippen molar-refractivity contribution in [1.82, 2.24) is 0 Å². The number of hydrogen-bond acceptors (Lipinski definition) is 0. The first-order valence-corrected chi connectivity index (χ1v) is 6.78. The molecule has 0 heterocycles. The van der Waals surface area contributed by atoms with E-state index in [2.05, 4.69) is 49.5 Å². The molecule has 11 heavy (non-hydrogen) atoms. The van der Waals surface area contributed by atoms with Crippen LogP contribution < -0.4 is 0 Å². The van der Waals surface area contributed by atoms with Crippen molar-refractivity contribution in [1.29, 1.82) is 0 Å². The van der Waals surface area contributed by atoms with E-state index >= 15 is 0 Å². The van der Waals surface area contributed by atoms with Gasteiger partial charge in [-0.15, -0.1) is 0 Å². The average Bonchev–Trinajstić information content (AvgIpc) is 2.06. The van der Waals surface area contributed by atoms with Crippen LogP contribution in [0.3, 0.4) is 0 Å². The van der Waals surface area contributed by atoms with Gasteiger partial charge in [0.15, 0.2) is 0 Å². The third-order valence-electron chi connectivity index (χ3n) is 2.03. The first-order chi connectivity index (χ1) is 5.17. The Morgan fingerprint density at radius 1 is 1.18 bits per heavy atom. The van der Waals surface area contributed by atoms with E-state index in [1.807, 2.05) is 0 Å². The Kier molecular flexibility index (Phi) is 2.66. The third-order valence-corrected chi connectivity index (χ3v) is 4.87. The zero-order chi connectivity index (χ0) is 8.32. The Labute approximate surface area is 74.6 Å². The molecule has 1 heteroatoms. The Balaban J connectivity index is 3.02. The predicted molar refractivity (Wildman–Crippen MR) is 53.7 cm³/mol. The van der Waals surface area contributed by atoms with Crippen LogP contribution in [0.15, 0.2) is 30.3 Å². The zero-order valence-corrected chi connectivity index (χ0v) is 9.59. The molecule has 0 N–H and O–H groups in total. The molecule has 0 amide bonds. The zero-order valence-electron chi connectivity index (χ0n) is 7.17. The molecule has 1 rings (SSSR count). The van der Waals surface area contributed by atoms with Crippen molar-refractivity contribution in [3.05, 3.63) is 35.9 Å². The Hall–Kier alpha value is -0.367. The molecule has 0 nitrogen and oxygen atoms in total. The minimum absolute atomic E-state index is 0.350. The van der Waals surface area contributed by atoms with Gasteiger partial charge >= 0.3 is 74.3 Å². The first kappa shape index (κ1) is 8.73. The summed E-state index contributed by atoms with van der Waals surface area (Å²) < 4.78 is 0.380. The van der Waals surface area contributed by atoms with Crippen LogP contribution >= 0.6 is 0 Å². The molecule has 0 aliphatic heterocycles. The molecule has 0 bridgehead atoms. The normalized spacial score (nSPS) is 11.1. The first-order valence-electron chi connectivity index (χ1n) is 3.86. The molecular formula is C10H14Ge. The summed E-state index contributed by atoms with van der Waals surface area (Å²) in [4.78, 5) is 0. The van der Waals surface area contributed by atoms with Gasteiger partial charge in [-0.25, -0.2) is 0 Å². The van der Waals surface area contributed by atoms with Crippen LogP contribution in [-0.2, 0) is 4.25 Å². The quantitative estimate of drug-likeness (QED) is 0.648. The summed E-state index contributed by atoms with van der Waals surface area (Å²) in [5.41, 5.74) is 1.44. The van der Waals surface area contributed by atoms with Gasteiger partial charge in [-0.3, -0.25) is 0 Å². The van der Waals surface area contributed by atoms with Crippen molar-refractivity contribution in [3.63, 3.8) is 0 Å². The second-order valence-corrected chi connectivity index (χ2v) is 7.18. The van der Waals surface area contributed by atoms with E-state index in [1.54, 1.807) is 0 Å². The van der Waals surface area contributed by atoms with Gasteiger partial charge in [0.1, 0.15) is 0 Å². The summed E-state index contributed by atoms with van der Waals surface area (Å²) in [5, 5.41) is 4.09.